The molecule has 2 N–H and O–H groups in total. The Kier molecular flexibility index (Phi) is 4.94. The molecule has 0 bridgehead atoms. The van der Waals surface area contributed by atoms with Crippen molar-refractivity contribution in [3.63, 3.8) is 0 Å². The van der Waals surface area contributed by atoms with E-state index in [1.54, 1.807) is 24.3 Å². The maximum atomic E-state index is 13.8. The molecule has 0 aliphatic rings. The largest absolute Gasteiger partial charge is 0.393 e. The Morgan fingerprint density at radius 2 is 2.00 bits per heavy atom. The van der Waals surface area contributed by atoms with Crippen molar-refractivity contribution in [2.45, 2.75) is 6.42 Å². The van der Waals surface area contributed by atoms with Gasteiger partial charge in [0.2, 0.25) is 0 Å². The molecule has 6 heteroatoms. The van der Waals surface area contributed by atoms with Gasteiger partial charge in [-0.15, -0.1) is 0 Å². The Labute approximate surface area is 127 Å². The highest BCUT2D eigenvalue weighted by atomic mass is 32.1. The summed E-state index contributed by atoms with van der Waals surface area (Å²) in [5.41, 5.74) is 6.13. The minimum Gasteiger partial charge on any atom is -0.393 e. The summed E-state index contributed by atoms with van der Waals surface area (Å²) in [7, 11) is 0. The molecule has 1 aromatic heterocycles. The minimum absolute atomic E-state index is 0.0307. The van der Waals surface area contributed by atoms with Crippen LogP contribution in [0, 0.1) is 5.82 Å². The van der Waals surface area contributed by atoms with E-state index in [0.29, 0.717) is 23.6 Å². The summed E-state index contributed by atoms with van der Waals surface area (Å²) < 4.78 is 13.8. The molecular weight excluding hydrogens is 289 g/mol. The summed E-state index contributed by atoms with van der Waals surface area (Å²) in [6.07, 6.45) is 2.76. The molecule has 2 rings (SSSR count). The van der Waals surface area contributed by atoms with Gasteiger partial charge in [0.15, 0.2) is 5.82 Å². The van der Waals surface area contributed by atoms with Crippen molar-refractivity contribution in [1.29, 1.82) is 0 Å². The van der Waals surface area contributed by atoms with Crippen LogP contribution in [-0.2, 0) is 0 Å². The highest BCUT2D eigenvalue weighted by Crippen LogP contribution is 2.18. The molecule has 2 aromatic rings. The van der Waals surface area contributed by atoms with Crippen LogP contribution in [0.4, 0.5) is 10.1 Å². The number of rotatable bonds is 5. The Balaban J connectivity index is 2.33. The summed E-state index contributed by atoms with van der Waals surface area (Å²) in [4.78, 5) is 18.0. The maximum Gasteiger partial charge on any atom is 0.261 e. The summed E-state index contributed by atoms with van der Waals surface area (Å²) in [6.45, 7) is 0.292. The average Bonchev–Trinajstić information content (AvgIpc) is 2.48. The zero-order valence-electron chi connectivity index (χ0n) is 11.2. The lowest BCUT2D eigenvalue weighted by Crippen LogP contribution is -2.34. The lowest BCUT2D eigenvalue weighted by atomic mass is 10.2. The zero-order chi connectivity index (χ0) is 15.2. The quantitative estimate of drug-likeness (QED) is 0.862. The number of nitrogens with two attached hydrogens (primary N) is 1. The number of thiocarbonyl (C=S) groups is 1. The fourth-order valence-electron chi connectivity index (χ4n) is 1.87. The number of carbonyl (C=O) groups excluding carboxylic acids is 1. The third kappa shape index (κ3) is 3.82. The van der Waals surface area contributed by atoms with Gasteiger partial charge in [-0.05, 0) is 18.2 Å². The predicted octanol–water partition coefficient (Wildman–Crippen LogP) is 2.54. The van der Waals surface area contributed by atoms with Crippen LogP contribution >= 0.6 is 12.2 Å². The van der Waals surface area contributed by atoms with Crippen LogP contribution in [0.1, 0.15) is 16.8 Å². The fraction of sp³-hybridized carbons (Fsp3) is 0.133. The molecule has 0 aliphatic heterocycles. The van der Waals surface area contributed by atoms with Crippen LogP contribution in [0.15, 0.2) is 48.8 Å². The molecule has 0 spiro atoms. The molecule has 108 valence electrons. The average molecular weight is 303 g/mol. The number of benzene rings is 1. The van der Waals surface area contributed by atoms with Gasteiger partial charge in [0.25, 0.3) is 5.91 Å². The molecule has 0 atom stereocenters. The second-order valence-electron chi connectivity index (χ2n) is 4.36. The number of halogens is 1. The Bertz CT molecular complexity index is 648. The molecule has 21 heavy (non-hydrogen) atoms. The molecular formula is C15H14FN3OS. The summed E-state index contributed by atoms with van der Waals surface area (Å²) in [6, 6.07) is 10.4. The van der Waals surface area contributed by atoms with Crippen LogP contribution in [-0.4, -0.2) is 22.4 Å². The molecule has 0 fully saturated rings. The first kappa shape index (κ1) is 15.1. The van der Waals surface area contributed by atoms with E-state index in [9.17, 15) is 9.18 Å². The van der Waals surface area contributed by atoms with Crippen molar-refractivity contribution in [2.24, 2.45) is 5.73 Å². The number of anilines is 1. The topological polar surface area (TPSA) is 59.2 Å². The number of para-hydroxylation sites is 1. The summed E-state index contributed by atoms with van der Waals surface area (Å²) >= 11 is 4.85. The molecule has 0 unspecified atom stereocenters. The third-order valence-electron chi connectivity index (χ3n) is 2.90. The molecule has 1 amide bonds. The van der Waals surface area contributed by atoms with E-state index in [0.717, 1.165) is 6.20 Å². The van der Waals surface area contributed by atoms with E-state index >= 15 is 0 Å². The Hall–Kier alpha value is -2.34. The van der Waals surface area contributed by atoms with Crippen LogP contribution < -0.4 is 10.6 Å². The number of nitrogens with zero attached hydrogens (tertiary/aromatic N) is 2. The van der Waals surface area contributed by atoms with Gasteiger partial charge < -0.3 is 10.6 Å². The first-order valence-electron chi connectivity index (χ1n) is 6.34. The van der Waals surface area contributed by atoms with E-state index in [1.165, 1.54) is 17.2 Å². The van der Waals surface area contributed by atoms with Gasteiger partial charge in [0.05, 0.1) is 16.7 Å². The van der Waals surface area contributed by atoms with Gasteiger partial charge in [-0.2, -0.15) is 0 Å². The summed E-state index contributed by atoms with van der Waals surface area (Å²) in [5, 5.41) is 0. The number of hydrogen-bond donors (Lipinski definition) is 1. The van der Waals surface area contributed by atoms with Crippen LogP contribution in [0.2, 0.25) is 0 Å². The van der Waals surface area contributed by atoms with E-state index in [1.807, 2.05) is 6.07 Å². The predicted molar refractivity (Wildman–Crippen MR) is 83.7 cm³/mol. The van der Waals surface area contributed by atoms with Gasteiger partial charge in [-0.3, -0.25) is 9.78 Å². The number of amides is 1. The normalized spacial score (nSPS) is 10.1. The second kappa shape index (κ2) is 6.90. The molecule has 0 saturated heterocycles. The van der Waals surface area contributed by atoms with Gasteiger partial charge >= 0.3 is 0 Å². The number of hydrogen-bond acceptors (Lipinski definition) is 3. The van der Waals surface area contributed by atoms with E-state index < -0.39 is 11.7 Å². The van der Waals surface area contributed by atoms with Gasteiger partial charge in [-0.1, -0.05) is 30.4 Å². The lowest BCUT2D eigenvalue weighted by Gasteiger charge is -2.23. The van der Waals surface area contributed by atoms with E-state index in [-0.39, 0.29) is 5.56 Å². The van der Waals surface area contributed by atoms with Crippen LogP contribution in [0.3, 0.4) is 0 Å². The molecule has 1 heterocycles. The van der Waals surface area contributed by atoms with E-state index in [4.69, 9.17) is 18.0 Å². The van der Waals surface area contributed by atoms with Crippen molar-refractivity contribution in [3.8, 4) is 0 Å². The second-order valence-corrected chi connectivity index (χ2v) is 4.89. The zero-order valence-corrected chi connectivity index (χ0v) is 12.0. The lowest BCUT2D eigenvalue weighted by molar-refractivity contribution is 0.0983. The Morgan fingerprint density at radius 1 is 1.29 bits per heavy atom. The van der Waals surface area contributed by atoms with Crippen LogP contribution in [0.25, 0.3) is 0 Å². The molecule has 0 radical (unpaired) electrons. The number of aromatic nitrogens is 1. The van der Waals surface area contributed by atoms with Crippen LogP contribution in [0.5, 0.6) is 0 Å². The van der Waals surface area contributed by atoms with Gasteiger partial charge in [-0.25, -0.2) is 4.39 Å². The van der Waals surface area contributed by atoms with Gasteiger partial charge in [0.1, 0.15) is 0 Å². The molecule has 1 aromatic carbocycles. The van der Waals surface area contributed by atoms with Crippen molar-refractivity contribution < 1.29 is 9.18 Å². The SMILES string of the molecule is NC(=S)CCN(C(=O)c1ccncc1F)c1ccccc1. The number of pyridine rings is 1. The van der Waals surface area contributed by atoms with Gasteiger partial charge in [0, 0.05) is 24.8 Å². The van der Waals surface area contributed by atoms with Crippen molar-refractivity contribution in [3.05, 3.63) is 60.2 Å². The van der Waals surface area contributed by atoms with Crippen molar-refractivity contribution in [2.75, 3.05) is 11.4 Å². The first-order valence-corrected chi connectivity index (χ1v) is 6.75. The summed E-state index contributed by atoms with van der Waals surface area (Å²) in [5.74, 6) is -1.10. The number of carbonyl (C=O) groups is 1. The standard InChI is InChI=1S/C15H14FN3OS/c16-13-10-18-8-6-12(13)15(20)19(9-7-14(17)21)11-4-2-1-3-5-11/h1-6,8,10H,7,9H2,(H2,17,21). The minimum atomic E-state index is -0.654. The molecule has 0 saturated carbocycles. The van der Waals surface area contributed by atoms with Crippen molar-refractivity contribution in [1.82, 2.24) is 4.98 Å². The Morgan fingerprint density at radius 3 is 2.62 bits per heavy atom. The van der Waals surface area contributed by atoms with E-state index in [2.05, 4.69) is 4.98 Å². The highest BCUT2D eigenvalue weighted by molar-refractivity contribution is 7.80. The molecule has 4 nitrogen and oxygen atoms in total. The first-order chi connectivity index (χ1) is 10.1. The monoisotopic (exact) mass is 303 g/mol. The maximum absolute atomic E-state index is 13.8. The van der Waals surface area contributed by atoms with Crippen molar-refractivity contribution >= 4 is 28.8 Å². The fourth-order valence-corrected chi connectivity index (χ4v) is 1.96. The third-order valence-corrected chi connectivity index (χ3v) is 3.10. The smallest absolute Gasteiger partial charge is 0.261 e. The highest BCUT2D eigenvalue weighted by Gasteiger charge is 2.20. The molecule has 0 aliphatic carbocycles.